The van der Waals surface area contributed by atoms with E-state index in [1.165, 1.54) is 24.3 Å². The average Bonchev–Trinajstić information content (AvgIpc) is 2.87. The number of aromatic nitrogens is 2. The first-order valence-electron chi connectivity index (χ1n) is 8.18. The maximum absolute atomic E-state index is 12.9. The molecule has 3 rings (SSSR count). The zero-order valence-electron chi connectivity index (χ0n) is 15.2. The lowest BCUT2D eigenvalue weighted by atomic mass is 10.0. The second-order valence-corrected chi connectivity index (χ2v) is 8.59. The lowest BCUT2D eigenvalue weighted by Crippen LogP contribution is -2.23. The van der Waals surface area contributed by atoms with Crippen LogP contribution in [0.25, 0.3) is 0 Å². The smallest absolute Gasteiger partial charge is 0.288 e. The highest BCUT2D eigenvalue weighted by Crippen LogP contribution is 2.26. The molecular formula is C19H16Cl2N2O4S. The van der Waals surface area contributed by atoms with E-state index in [1.54, 1.807) is 32.0 Å². The van der Waals surface area contributed by atoms with Crippen LogP contribution in [0.15, 0.2) is 47.4 Å². The van der Waals surface area contributed by atoms with Crippen molar-refractivity contribution in [2.75, 3.05) is 0 Å². The van der Waals surface area contributed by atoms with Crippen LogP contribution in [0, 0.1) is 20.8 Å². The maximum Gasteiger partial charge on any atom is 0.358 e. The summed E-state index contributed by atoms with van der Waals surface area (Å²) in [4.78, 5) is 13.7. The molecule has 6 nitrogen and oxygen atoms in total. The van der Waals surface area contributed by atoms with E-state index in [2.05, 4.69) is 5.10 Å². The molecule has 0 unspecified atom stereocenters. The van der Waals surface area contributed by atoms with Crippen LogP contribution in [0.2, 0.25) is 10.0 Å². The second kappa shape index (κ2) is 7.58. The first-order chi connectivity index (χ1) is 13.1. The fourth-order valence-corrected chi connectivity index (χ4v) is 4.05. The van der Waals surface area contributed by atoms with Crippen molar-refractivity contribution in [1.29, 1.82) is 0 Å². The zero-order valence-corrected chi connectivity index (χ0v) is 17.6. The Labute approximate surface area is 172 Å². The molecule has 0 amide bonds. The summed E-state index contributed by atoms with van der Waals surface area (Å²) in [5.41, 5.74) is 1.91. The van der Waals surface area contributed by atoms with Crippen LogP contribution in [0.3, 0.4) is 0 Å². The van der Waals surface area contributed by atoms with Crippen LogP contribution in [-0.2, 0) is 10.1 Å². The van der Waals surface area contributed by atoms with Gasteiger partial charge in [0.2, 0.25) is 0 Å². The summed E-state index contributed by atoms with van der Waals surface area (Å²) in [5, 5.41) is 4.65. The predicted molar refractivity (Wildman–Crippen MR) is 107 cm³/mol. The Morgan fingerprint density at radius 1 is 1.04 bits per heavy atom. The van der Waals surface area contributed by atoms with Crippen LogP contribution in [0.1, 0.15) is 32.9 Å². The number of carbonyl (C=O) groups excluding carboxylic acids is 1. The molecule has 9 heteroatoms. The molecule has 0 aliphatic rings. The highest BCUT2D eigenvalue weighted by atomic mass is 35.5. The summed E-state index contributed by atoms with van der Waals surface area (Å²) in [7, 11) is -4.11. The summed E-state index contributed by atoms with van der Waals surface area (Å²) >= 11 is 12.0. The molecule has 1 heterocycles. The minimum atomic E-state index is -4.11. The molecule has 0 aliphatic heterocycles. The molecule has 0 saturated carbocycles. The molecule has 0 fully saturated rings. The van der Waals surface area contributed by atoms with Crippen molar-refractivity contribution in [3.63, 3.8) is 0 Å². The first-order valence-corrected chi connectivity index (χ1v) is 10.3. The van der Waals surface area contributed by atoms with Gasteiger partial charge in [0.05, 0.1) is 22.0 Å². The molecule has 28 heavy (non-hydrogen) atoms. The van der Waals surface area contributed by atoms with Crippen molar-refractivity contribution in [3.8, 4) is 0 Å². The van der Waals surface area contributed by atoms with Crippen molar-refractivity contribution < 1.29 is 17.5 Å². The number of aryl methyl sites for hydroxylation is 2. The normalized spacial score (nSPS) is 11.5. The Bertz CT molecular complexity index is 1170. The van der Waals surface area contributed by atoms with Gasteiger partial charge in [-0.15, -0.1) is 5.10 Å². The Morgan fingerprint density at radius 3 is 2.29 bits per heavy atom. The molecule has 0 N–H and O–H groups in total. The Morgan fingerprint density at radius 2 is 1.68 bits per heavy atom. The quantitative estimate of drug-likeness (QED) is 0.558. The average molecular weight is 439 g/mol. The molecule has 1 aromatic heterocycles. The highest BCUT2D eigenvalue weighted by molar-refractivity contribution is 7.87. The molecule has 0 saturated heterocycles. The molecule has 0 atom stereocenters. The summed E-state index contributed by atoms with van der Waals surface area (Å²) < 4.78 is 30.2. The Kier molecular flexibility index (Phi) is 5.52. The van der Waals surface area contributed by atoms with Crippen molar-refractivity contribution in [2.45, 2.75) is 25.7 Å². The summed E-state index contributed by atoms with van der Waals surface area (Å²) in [6.07, 6.45) is 0. The number of carbonyl (C=O) groups is 1. The summed E-state index contributed by atoms with van der Waals surface area (Å²) in [6.45, 7) is 4.97. The number of hydrogen-bond acceptors (Lipinski definition) is 5. The monoisotopic (exact) mass is 438 g/mol. The molecular weight excluding hydrogens is 423 g/mol. The minimum Gasteiger partial charge on any atom is -0.288 e. The maximum atomic E-state index is 12.9. The van der Waals surface area contributed by atoms with E-state index in [0.717, 1.165) is 10.4 Å². The minimum absolute atomic E-state index is 0.0146. The first kappa shape index (κ1) is 20.4. The van der Waals surface area contributed by atoms with E-state index < -0.39 is 15.9 Å². The van der Waals surface area contributed by atoms with Gasteiger partial charge in [0, 0.05) is 10.6 Å². The van der Waals surface area contributed by atoms with Crippen LogP contribution in [0.4, 0.5) is 0 Å². The van der Waals surface area contributed by atoms with Crippen molar-refractivity contribution in [3.05, 3.63) is 80.6 Å². The fourth-order valence-electron chi connectivity index (χ4n) is 2.67. The van der Waals surface area contributed by atoms with Gasteiger partial charge >= 0.3 is 10.1 Å². The molecule has 0 radical (unpaired) electrons. The van der Waals surface area contributed by atoms with Crippen molar-refractivity contribution in [2.24, 2.45) is 0 Å². The van der Waals surface area contributed by atoms with Gasteiger partial charge in [0.25, 0.3) is 0 Å². The number of hydrogen-bond donors (Lipinski definition) is 0. The topological polar surface area (TPSA) is 78.3 Å². The molecule has 2 aromatic carbocycles. The van der Waals surface area contributed by atoms with Gasteiger partial charge in [-0.05, 0) is 51.1 Å². The largest absolute Gasteiger partial charge is 0.358 e. The van der Waals surface area contributed by atoms with Gasteiger partial charge in [-0.25, -0.2) is 0 Å². The van der Waals surface area contributed by atoms with Gasteiger partial charge < -0.3 is 0 Å². The highest BCUT2D eigenvalue weighted by Gasteiger charge is 2.25. The molecule has 0 aliphatic carbocycles. The fraction of sp³-hybridized carbons (Fsp3) is 0.158. The predicted octanol–water partition coefficient (Wildman–Crippen LogP) is 4.16. The lowest BCUT2D eigenvalue weighted by molar-refractivity contribution is 0.103. The van der Waals surface area contributed by atoms with Gasteiger partial charge in [-0.2, -0.15) is 8.42 Å². The molecule has 0 spiro atoms. The third kappa shape index (κ3) is 3.92. The number of ketones is 1. The third-order valence-corrected chi connectivity index (χ3v) is 5.87. The van der Waals surface area contributed by atoms with Crippen LogP contribution >= 0.6 is 23.2 Å². The van der Waals surface area contributed by atoms with Crippen molar-refractivity contribution in [1.82, 2.24) is 9.94 Å². The standard InChI is InChI=1S/C19H16Cl2N2O4S/c1-11-4-7-15(8-5-11)28(25,26)27-23-13(3)18(12(2)22-23)19(24)16-9-6-14(20)10-17(16)21/h4-10H,1-3H3. The molecule has 146 valence electrons. The third-order valence-electron chi connectivity index (χ3n) is 4.13. The van der Waals surface area contributed by atoms with Crippen LogP contribution in [0.5, 0.6) is 0 Å². The summed E-state index contributed by atoms with van der Waals surface area (Å²) in [6, 6.07) is 10.7. The Hall–Kier alpha value is -2.35. The molecule has 3 aromatic rings. The SMILES string of the molecule is Cc1ccc(S(=O)(=O)On2nc(C)c(C(=O)c3ccc(Cl)cc3Cl)c2C)cc1. The van der Waals surface area contributed by atoms with Gasteiger partial charge in [-0.1, -0.05) is 45.7 Å². The Balaban J connectivity index is 1.98. The van der Waals surface area contributed by atoms with Gasteiger partial charge in [-0.3, -0.25) is 9.08 Å². The van der Waals surface area contributed by atoms with E-state index >= 15 is 0 Å². The second-order valence-electron chi connectivity index (χ2n) is 6.21. The van der Waals surface area contributed by atoms with E-state index in [0.29, 0.717) is 10.7 Å². The number of halogens is 2. The number of rotatable bonds is 5. The van der Waals surface area contributed by atoms with E-state index in [-0.39, 0.29) is 26.7 Å². The van der Waals surface area contributed by atoms with Gasteiger partial charge in [0.15, 0.2) is 5.78 Å². The number of nitrogens with zero attached hydrogens (tertiary/aromatic N) is 2. The van der Waals surface area contributed by atoms with Crippen molar-refractivity contribution >= 4 is 39.1 Å². The lowest BCUT2D eigenvalue weighted by Gasteiger charge is -2.08. The van der Waals surface area contributed by atoms with Crippen LogP contribution in [-0.4, -0.2) is 24.1 Å². The van der Waals surface area contributed by atoms with E-state index in [9.17, 15) is 13.2 Å². The van der Waals surface area contributed by atoms with Gasteiger partial charge in [0.1, 0.15) is 4.90 Å². The number of benzene rings is 2. The van der Waals surface area contributed by atoms with E-state index in [1.807, 2.05) is 6.92 Å². The van der Waals surface area contributed by atoms with E-state index in [4.69, 9.17) is 27.5 Å². The van der Waals surface area contributed by atoms with Crippen LogP contribution < -0.4 is 4.28 Å². The zero-order chi connectivity index (χ0) is 20.6. The molecule has 0 bridgehead atoms. The summed E-state index contributed by atoms with van der Waals surface area (Å²) in [5.74, 6) is -0.403.